The molecule has 1 aromatic heterocycles. The fourth-order valence-electron chi connectivity index (χ4n) is 5.46. The first-order valence-electron chi connectivity index (χ1n) is 12.1. The molecule has 1 saturated heterocycles. The van der Waals surface area contributed by atoms with E-state index in [0.717, 1.165) is 19.6 Å². The summed E-state index contributed by atoms with van der Waals surface area (Å²) in [5.74, 6) is -1.57. The van der Waals surface area contributed by atoms with Crippen molar-refractivity contribution in [2.24, 2.45) is 0 Å². The zero-order valence-corrected chi connectivity index (χ0v) is 19.9. The molecule has 8 heteroatoms. The number of carboxylic acid groups (broad SMARTS) is 1. The third kappa shape index (κ3) is 3.60. The van der Waals surface area contributed by atoms with Crippen molar-refractivity contribution >= 4 is 33.3 Å². The molecule has 36 heavy (non-hydrogen) atoms. The van der Waals surface area contributed by atoms with E-state index in [2.05, 4.69) is 41.3 Å². The van der Waals surface area contributed by atoms with Crippen LogP contribution in [0.3, 0.4) is 0 Å². The van der Waals surface area contributed by atoms with Crippen molar-refractivity contribution in [3.63, 3.8) is 0 Å². The van der Waals surface area contributed by atoms with Gasteiger partial charge >= 0.3 is 5.97 Å². The van der Waals surface area contributed by atoms with Gasteiger partial charge in [0.25, 0.3) is 0 Å². The van der Waals surface area contributed by atoms with Crippen molar-refractivity contribution in [2.75, 3.05) is 37.7 Å². The topological polar surface area (TPSA) is 75.0 Å². The van der Waals surface area contributed by atoms with Gasteiger partial charge in [-0.05, 0) is 29.3 Å². The molecule has 1 fully saturated rings. The number of hydrogen-bond donors (Lipinski definition) is 1. The number of ether oxygens (including phenoxy) is 1. The third-order valence-electron chi connectivity index (χ3n) is 7.33. The quantitative estimate of drug-likeness (QED) is 0.464. The number of nitrogens with zero attached hydrogens (tertiary/aromatic N) is 3. The lowest BCUT2D eigenvalue weighted by Gasteiger charge is -2.38. The van der Waals surface area contributed by atoms with Crippen LogP contribution < -0.4 is 15.1 Å². The Labute approximate surface area is 206 Å². The summed E-state index contributed by atoms with van der Waals surface area (Å²) < 4.78 is 23.2. The summed E-state index contributed by atoms with van der Waals surface area (Å²) in [6.07, 6.45) is 1.35. The van der Waals surface area contributed by atoms with Crippen molar-refractivity contribution in [2.45, 2.75) is 19.5 Å². The number of halogens is 1. The standard InChI is InChI=1S/C28H26FN3O4/c1-17-16-36-27-24-21(26(33)22(28(34)35)15-32(17)24)13-23(29)25(27)31-11-9-30(10-12-31)14-19-7-4-6-18-5-2-3-8-20(18)19/h2-8,13,15,17H,9-12,14,16H2,1H3,(H,34,35)/t17-/m0/s1. The number of rotatable bonds is 4. The Morgan fingerprint density at radius 3 is 2.61 bits per heavy atom. The number of aromatic carboxylic acids is 1. The van der Waals surface area contributed by atoms with Crippen molar-refractivity contribution in [1.29, 1.82) is 0 Å². The minimum Gasteiger partial charge on any atom is -0.487 e. The van der Waals surface area contributed by atoms with E-state index in [9.17, 15) is 14.7 Å². The van der Waals surface area contributed by atoms with Crippen molar-refractivity contribution in [1.82, 2.24) is 9.47 Å². The minimum atomic E-state index is -1.32. The van der Waals surface area contributed by atoms with Gasteiger partial charge in [-0.2, -0.15) is 0 Å². The Morgan fingerprint density at radius 1 is 1.08 bits per heavy atom. The van der Waals surface area contributed by atoms with E-state index in [-0.39, 0.29) is 23.6 Å². The Balaban J connectivity index is 1.32. The molecule has 0 aliphatic carbocycles. The van der Waals surface area contributed by atoms with Crippen LogP contribution >= 0.6 is 0 Å². The Hall–Kier alpha value is -3.91. The lowest BCUT2D eigenvalue weighted by atomic mass is 10.0. The van der Waals surface area contributed by atoms with E-state index in [0.29, 0.717) is 30.0 Å². The van der Waals surface area contributed by atoms with Crippen molar-refractivity contribution < 1.29 is 19.0 Å². The highest BCUT2D eigenvalue weighted by atomic mass is 19.1. The smallest absolute Gasteiger partial charge is 0.341 e. The maximum absolute atomic E-state index is 15.5. The summed E-state index contributed by atoms with van der Waals surface area (Å²) in [4.78, 5) is 28.8. The highest BCUT2D eigenvalue weighted by molar-refractivity contribution is 5.97. The van der Waals surface area contributed by atoms with Gasteiger partial charge in [0.2, 0.25) is 5.43 Å². The number of benzene rings is 3. The summed E-state index contributed by atoms with van der Waals surface area (Å²) in [5.41, 5.74) is 1.01. The molecular weight excluding hydrogens is 461 g/mol. The van der Waals surface area contributed by atoms with Crippen LogP contribution in [-0.2, 0) is 6.54 Å². The fraction of sp³-hybridized carbons (Fsp3) is 0.286. The molecule has 184 valence electrons. The Morgan fingerprint density at radius 2 is 1.83 bits per heavy atom. The van der Waals surface area contributed by atoms with E-state index in [1.54, 1.807) is 4.57 Å². The van der Waals surface area contributed by atoms with Crippen LogP contribution in [0, 0.1) is 5.82 Å². The van der Waals surface area contributed by atoms with E-state index in [4.69, 9.17) is 4.74 Å². The number of anilines is 1. The zero-order valence-electron chi connectivity index (χ0n) is 19.9. The SMILES string of the molecule is C[C@H]1COc2c(N3CCN(Cc4cccc5ccccc45)CC3)c(F)cc3c(=O)c(C(=O)O)cn1c23. The van der Waals surface area contributed by atoms with Crippen molar-refractivity contribution in [3.8, 4) is 5.75 Å². The van der Waals surface area contributed by atoms with Gasteiger partial charge in [0.1, 0.15) is 17.9 Å². The molecule has 0 bridgehead atoms. The molecular formula is C28H26FN3O4. The molecule has 0 amide bonds. The largest absolute Gasteiger partial charge is 0.487 e. The van der Waals surface area contributed by atoms with Crippen LogP contribution in [-0.4, -0.2) is 53.3 Å². The van der Waals surface area contributed by atoms with Gasteiger partial charge in [0.15, 0.2) is 11.6 Å². The van der Waals surface area contributed by atoms with Crippen LogP contribution in [0.2, 0.25) is 0 Å². The lowest BCUT2D eigenvalue weighted by molar-refractivity contribution is 0.0694. The minimum absolute atomic E-state index is 0.0345. The predicted molar refractivity (Wildman–Crippen MR) is 137 cm³/mol. The number of piperazine rings is 1. The Bertz CT molecular complexity index is 1570. The first kappa shape index (κ1) is 22.5. The molecule has 0 radical (unpaired) electrons. The van der Waals surface area contributed by atoms with Crippen LogP contribution in [0.5, 0.6) is 5.75 Å². The van der Waals surface area contributed by atoms with Crippen molar-refractivity contribution in [3.05, 3.63) is 81.9 Å². The third-order valence-corrected chi connectivity index (χ3v) is 7.33. The van der Waals surface area contributed by atoms with Gasteiger partial charge in [-0.3, -0.25) is 9.69 Å². The van der Waals surface area contributed by atoms with Crippen LogP contribution in [0.15, 0.2) is 59.5 Å². The van der Waals surface area contributed by atoms with Crippen LogP contribution in [0.4, 0.5) is 10.1 Å². The van der Waals surface area contributed by atoms with E-state index in [1.807, 2.05) is 17.9 Å². The second kappa shape index (κ2) is 8.64. The van der Waals surface area contributed by atoms with Gasteiger partial charge < -0.3 is 19.3 Å². The molecule has 2 aliphatic rings. The van der Waals surface area contributed by atoms with Gasteiger partial charge in [0, 0.05) is 38.9 Å². The average molecular weight is 488 g/mol. The molecule has 1 N–H and O–H groups in total. The molecule has 0 saturated carbocycles. The Kier molecular flexibility index (Phi) is 5.41. The zero-order chi connectivity index (χ0) is 25.0. The van der Waals surface area contributed by atoms with E-state index in [1.165, 1.54) is 28.6 Å². The molecule has 4 aromatic rings. The van der Waals surface area contributed by atoms with Crippen LogP contribution in [0.25, 0.3) is 21.7 Å². The average Bonchev–Trinajstić information content (AvgIpc) is 2.88. The number of fused-ring (bicyclic) bond motifs is 1. The van der Waals surface area contributed by atoms with Gasteiger partial charge in [-0.25, -0.2) is 9.18 Å². The highest BCUT2D eigenvalue weighted by Crippen LogP contribution is 2.42. The highest BCUT2D eigenvalue weighted by Gasteiger charge is 2.31. The normalized spacial score (nSPS) is 17.9. The number of pyridine rings is 1. The number of aromatic nitrogens is 1. The van der Waals surface area contributed by atoms with E-state index >= 15 is 4.39 Å². The predicted octanol–water partition coefficient (Wildman–Crippen LogP) is 4.27. The summed E-state index contributed by atoms with van der Waals surface area (Å²) in [6.45, 7) is 5.68. The number of hydrogen-bond acceptors (Lipinski definition) is 5. The maximum atomic E-state index is 15.5. The second-order valence-electron chi connectivity index (χ2n) is 9.58. The second-order valence-corrected chi connectivity index (χ2v) is 9.58. The van der Waals surface area contributed by atoms with Crippen LogP contribution in [0.1, 0.15) is 28.9 Å². The summed E-state index contributed by atoms with van der Waals surface area (Å²) in [5, 5.41) is 12.0. The monoisotopic (exact) mass is 487 g/mol. The van der Waals surface area contributed by atoms with Gasteiger partial charge in [0.05, 0.1) is 16.9 Å². The molecule has 0 spiro atoms. The maximum Gasteiger partial charge on any atom is 0.341 e. The summed E-state index contributed by atoms with van der Waals surface area (Å²) in [6, 6.07) is 15.7. The van der Waals surface area contributed by atoms with Gasteiger partial charge in [-0.15, -0.1) is 0 Å². The molecule has 1 atom stereocenters. The molecule has 6 rings (SSSR count). The first-order valence-corrected chi connectivity index (χ1v) is 12.1. The van der Waals surface area contributed by atoms with E-state index < -0.39 is 17.2 Å². The summed E-state index contributed by atoms with van der Waals surface area (Å²) >= 11 is 0. The lowest BCUT2D eigenvalue weighted by Crippen LogP contribution is -2.46. The first-order chi connectivity index (χ1) is 17.4. The molecule has 3 aromatic carbocycles. The molecule has 7 nitrogen and oxygen atoms in total. The van der Waals surface area contributed by atoms with Gasteiger partial charge in [-0.1, -0.05) is 42.5 Å². The number of carbonyl (C=O) groups is 1. The number of carboxylic acids is 1. The fourth-order valence-corrected chi connectivity index (χ4v) is 5.46. The molecule has 0 unspecified atom stereocenters. The summed E-state index contributed by atoms with van der Waals surface area (Å²) in [7, 11) is 0. The molecule has 2 aliphatic heterocycles. The molecule has 3 heterocycles.